The number of carboxylic acids is 1. The molecule has 0 aromatic rings. The fourth-order valence-electron chi connectivity index (χ4n) is 3.69. The van der Waals surface area contributed by atoms with Crippen LogP contribution in [0, 0.1) is 0 Å². The summed E-state index contributed by atoms with van der Waals surface area (Å²) < 4.78 is 5.28. The van der Waals surface area contributed by atoms with Gasteiger partial charge in [0.15, 0.2) is 0 Å². The Balaban J connectivity index is 1.64. The first-order valence-corrected chi connectivity index (χ1v) is 9.64. The summed E-state index contributed by atoms with van der Waals surface area (Å²) in [4.78, 5) is 35.1. The molecule has 26 heavy (non-hydrogen) atoms. The van der Waals surface area contributed by atoms with E-state index in [0.717, 1.165) is 25.7 Å². The lowest BCUT2D eigenvalue weighted by Gasteiger charge is -2.36. The molecule has 0 atom stereocenters. The summed E-state index contributed by atoms with van der Waals surface area (Å²) in [5.74, 6) is -1.10. The van der Waals surface area contributed by atoms with Gasteiger partial charge in [-0.1, -0.05) is 19.3 Å². The lowest BCUT2D eigenvalue weighted by Crippen LogP contribution is -2.53. The highest BCUT2D eigenvalue weighted by Crippen LogP contribution is 2.24. The minimum Gasteiger partial charge on any atom is -0.481 e. The van der Waals surface area contributed by atoms with E-state index in [9.17, 15) is 14.4 Å². The van der Waals surface area contributed by atoms with Gasteiger partial charge in [-0.2, -0.15) is 0 Å². The van der Waals surface area contributed by atoms with Crippen LogP contribution in [0.1, 0.15) is 64.2 Å². The Morgan fingerprint density at radius 3 is 2.42 bits per heavy atom. The van der Waals surface area contributed by atoms with Crippen LogP contribution in [0.2, 0.25) is 0 Å². The summed E-state index contributed by atoms with van der Waals surface area (Å²) in [6, 6.07) is 0.0838. The summed E-state index contributed by atoms with van der Waals surface area (Å²) >= 11 is 0. The predicted octanol–water partition coefficient (Wildman–Crippen LogP) is 1.54. The van der Waals surface area contributed by atoms with Crippen molar-refractivity contribution in [3.8, 4) is 0 Å². The van der Waals surface area contributed by atoms with Crippen molar-refractivity contribution < 1.29 is 24.2 Å². The van der Waals surface area contributed by atoms with Gasteiger partial charge in [0.25, 0.3) is 0 Å². The highest BCUT2D eigenvalue weighted by atomic mass is 16.5. The van der Waals surface area contributed by atoms with Gasteiger partial charge in [-0.05, 0) is 32.1 Å². The zero-order chi connectivity index (χ0) is 18.8. The van der Waals surface area contributed by atoms with Crippen LogP contribution in [0.15, 0.2) is 0 Å². The van der Waals surface area contributed by atoms with Crippen LogP contribution in [0.5, 0.6) is 0 Å². The van der Waals surface area contributed by atoms with Crippen LogP contribution in [0.25, 0.3) is 0 Å². The summed E-state index contributed by atoms with van der Waals surface area (Å²) in [5.41, 5.74) is -0.715. The van der Waals surface area contributed by atoms with Gasteiger partial charge in [0.1, 0.15) is 0 Å². The topological polar surface area (TPSA) is 117 Å². The number of rotatable bonds is 8. The molecule has 2 rings (SSSR count). The van der Waals surface area contributed by atoms with Crippen molar-refractivity contribution in [2.45, 2.75) is 75.8 Å². The van der Waals surface area contributed by atoms with E-state index >= 15 is 0 Å². The molecule has 1 saturated carbocycles. The second-order valence-electron chi connectivity index (χ2n) is 7.35. The standard InChI is InChI=1S/C18H31N3O5/c22-15(21-18(13-16(23)24)8-11-26-12-9-18)7-4-10-19-17(25)20-14-5-2-1-3-6-14/h14H,1-13H2,(H,21,22)(H,23,24)(H2,19,20,25). The summed E-state index contributed by atoms with van der Waals surface area (Å²) in [6.45, 7) is 1.33. The van der Waals surface area contributed by atoms with Gasteiger partial charge in [0.2, 0.25) is 5.91 Å². The molecule has 1 saturated heterocycles. The molecule has 0 spiro atoms. The number of nitrogens with one attached hydrogen (secondary N) is 3. The smallest absolute Gasteiger partial charge is 0.315 e. The highest BCUT2D eigenvalue weighted by molar-refractivity contribution is 5.78. The van der Waals surface area contributed by atoms with Crippen molar-refractivity contribution in [1.29, 1.82) is 0 Å². The van der Waals surface area contributed by atoms with Gasteiger partial charge >= 0.3 is 12.0 Å². The number of carbonyl (C=O) groups is 3. The maximum Gasteiger partial charge on any atom is 0.315 e. The van der Waals surface area contributed by atoms with Crippen LogP contribution < -0.4 is 16.0 Å². The van der Waals surface area contributed by atoms with Crippen molar-refractivity contribution in [2.24, 2.45) is 0 Å². The number of ether oxygens (including phenoxy) is 1. The number of carboxylic acid groups (broad SMARTS) is 1. The molecular weight excluding hydrogens is 338 g/mol. The molecule has 1 aliphatic heterocycles. The van der Waals surface area contributed by atoms with Gasteiger partial charge in [-0.25, -0.2) is 4.79 Å². The maximum absolute atomic E-state index is 12.2. The zero-order valence-corrected chi connectivity index (χ0v) is 15.3. The summed E-state index contributed by atoms with van der Waals surface area (Å²) in [6.07, 6.45) is 7.32. The van der Waals surface area contributed by atoms with Crippen LogP contribution in [-0.4, -0.2) is 54.4 Å². The number of hydrogen-bond donors (Lipinski definition) is 4. The molecule has 148 valence electrons. The molecule has 2 fully saturated rings. The Hall–Kier alpha value is -1.83. The van der Waals surface area contributed by atoms with E-state index in [1.54, 1.807) is 0 Å². The summed E-state index contributed by atoms with van der Waals surface area (Å²) in [7, 11) is 0. The number of amides is 3. The third-order valence-electron chi connectivity index (χ3n) is 5.15. The number of hydrogen-bond acceptors (Lipinski definition) is 4. The Labute approximate surface area is 154 Å². The lowest BCUT2D eigenvalue weighted by molar-refractivity contribution is -0.140. The second-order valence-corrected chi connectivity index (χ2v) is 7.35. The first-order valence-electron chi connectivity index (χ1n) is 9.64. The van der Waals surface area contributed by atoms with E-state index in [-0.39, 0.29) is 30.8 Å². The molecule has 1 heterocycles. The Kier molecular flexibility index (Phi) is 8.15. The van der Waals surface area contributed by atoms with Gasteiger partial charge in [0.05, 0.1) is 12.0 Å². The Morgan fingerprint density at radius 1 is 1.08 bits per heavy atom. The molecule has 4 N–H and O–H groups in total. The van der Waals surface area contributed by atoms with Crippen molar-refractivity contribution in [3.05, 3.63) is 0 Å². The number of aliphatic carboxylic acids is 1. The average molecular weight is 369 g/mol. The first-order chi connectivity index (χ1) is 12.5. The third-order valence-corrected chi connectivity index (χ3v) is 5.15. The van der Waals surface area contributed by atoms with Crippen molar-refractivity contribution in [2.75, 3.05) is 19.8 Å². The monoisotopic (exact) mass is 369 g/mol. The van der Waals surface area contributed by atoms with Gasteiger partial charge in [0, 0.05) is 32.2 Å². The number of carbonyl (C=O) groups excluding carboxylic acids is 2. The molecule has 0 aromatic carbocycles. The normalized spacial score (nSPS) is 20.2. The quantitative estimate of drug-likeness (QED) is 0.484. The SMILES string of the molecule is O=C(O)CC1(NC(=O)CCCNC(=O)NC2CCCCC2)CCOCC1. The lowest BCUT2D eigenvalue weighted by atomic mass is 9.86. The van der Waals surface area contributed by atoms with Crippen LogP contribution in [-0.2, 0) is 14.3 Å². The molecule has 8 heteroatoms. The van der Waals surface area contributed by atoms with Crippen LogP contribution in [0.3, 0.4) is 0 Å². The van der Waals surface area contributed by atoms with Crippen LogP contribution >= 0.6 is 0 Å². The van der Waals surface area contributed by atoms with E-state index in [1.165, 1.54) is 6.42 Å². The molecule has 0 radical (unpaired) electrons. The van der Waals surface area contributed by atoms with Crippen LogP contribution in [0.4, 0.5) is 4.79 Å². The van der Waals surface area contributed by atoms with Gasteiger partial charge in [-0.15, -0.1) is 0 Å². The fourth-order valence-corrected chi connectivity index (χ4v) is 3.69. The molecule has 0 aromatic heterocycles. The molecule has 8 nitrogen and oxygen atoms in total. The molecule has 0 unspecified atom stereocenters. The van der Waals surface area contributed by atoms with Gasteiger partial charge in [-0.3, -0.25) is 9.59 Å². The van der Waals surface area contributed by atoms with E-state index in [4.69, 9.17) is 9.84 Å². The molecule has 1 aliphatic carbocycles. The van der Waals surface area contributed by atoms with Crippen molar-refractivity contribution >= 4 is 17.9 Å². The van der Waals surface area contributed by atoms with E-state index in [1.807, 2.05) is 0 Å². The highest BCUT2D eigenvalue weighted by Gasteiger charge is 2.36. The molecular formula is C18H31N3O5. The third kappa shape index (κ3) is 7.19. The van der Waals surface area contributed by atoms with Crippen molar-refractivity contribution in [1.82, 2.24) is 16.0 Å². The minimum absolute atomic E-state index is 0.0931. The van der Waals surface area contributed by atoms with Crippen molar-refractivity contribution in [3.63, 3.8) is 0 Å². The fraction of sp³-hybridized carbons (Fsp3) is 0.833. The largest absolute Gasteiger partial charge is 0.481 e. The Morgan fingerprint density at radius 2 is 1.77 bits per heavy atom. The Bertz CT molecular complexity index is 485. The van der Waals surface area contributed by atoms with E-state index in [2.05, 4.69) is 16.0 Å². The predicted molar refractivity (Wildman–Crippen MR) is 95.8 cm³/mol. The van der Waals surface area contributed by atoms with E-state index in [0.29, 0.717) is 39.0 Å². The van der Waals surface area contributed by atoms with Gasteiger partial charge < -0.3 is 25.8 Å². The average Bonchev–Trinajstić information content (AvgIpc) is 2.59. The zero-order valence-electron chi connectivity index (χ0n) is 15.3. The second kappa shape index (κ2) is 10.4. The maximum atomic E-state index is 12.2. The minimum atomic E-state index is -0.923. The molecule has 3 amide bonds. The first kappa shape index (κ1) is 20.5. The molecule has 0 bridgehead atoms. The number of urea groups is 1. The molecule has 2 aliphatic rings. The summed E-state index contributed by atoms with van der Waals surface area (Å²) in [5, 5.41) is 17.8. The van der Waals surface area contributed by atoms with E-state index < -0.39 is 11.5 Å².